The van der Waals surface area contributed by atoms with Crippen molar-refractivity contribution in [2.75, 3.05) is 12.4 Å². The number of benzene rings is 1. The third-order valence-electron chi connectivity index (χ3n) is 2.90. The van der Waals surface area contributed by atoms with Crippen molar-refractivity contribution in [2.45, 2.75) is 33.2 Å². The Labute approximate surface area is 108 Å². The maximum atomic E-state index is 11.6. The number of nitriles is 1. The van der Waals surface area contributed by atoms with Crippen molar-refractivity contribution in [3.8, 4) is 6.07 Å². The Morgan fingerprint density at radius 1 is 1.56 bits per heavy atom. The van der Waals surface area contributed by atoms with Gasteiger partial charge in [0.05, 0.1) is 23.9 Å². The lowest BCUT2D eigenvalue weighted by Gasteiger charge is -2.16. The zero-order valence-electron chi connectivity index (χ0n) is 11.2. The fraction of sp³-hybridized carbons (Fsp3) is 0.429. The topological polar surface area (TPSA) is 62.1 Å². The van der Waals surface area contributed by atoms with Crippen LogP contribution in [-0.4, -0.2) is 19.1 Å². The molecule has 96 valence electrons. The van der Waals surface area contributed by atoms with E-state index in [1.165, 1.54) is 7.11 Å². The van der Waals surface area contributed by atoms with Crippen LogP contribution in [0.25, 0.3) is 0 Å². The van der Waals surface area contributed by atoms with Gasteiger partial charge in [0, 0.05) is 6.04 Å². The smallest absolute Gasteiger partial charge is 0.338 e. The number of hydrogen-bond acceptors (Lipinski definition) is 4. The maximum Gasteiger partial charge on any atom is 0.338 e. The van der Waals surface area contributed by atoms with Gasteiger partial charge in [0.2, 0.25) is 0 Å². The van der Waals surface area contributed by atoms with Gasteiger partial charge >= 0.3 is 5.97 Å². The lowest BCUT2D eigenvalue weighted by atomic mass is 10.0. The molecule has 0 aliphatic rings. The van der Waals surface area contributed by atoms with E-state index in [-0.39, 0.29) is 12.0 Å². The Morgan fingerprint density at radius 2 is 2.22 bits per heavy atom. The lowest BCUT2D eigenvalue weighted by Crippen LogP contribution is -2.15. The highest BCUT2D eigenvalue weighted by molar-refractivity contribution is 5.92. The number of esters is 1. The highest BCUT2D eigenvalue weighted by Crippen LogP contribution is 2.22. The number of ether oxygens (including phenoxy) is 1. The van der Waals surface area contributed by atoms with Gasteiger partial charge in [0.1, 0.15) is 6.07 Å². The predicted molar refractivity (Wildman–Crippen MR) is 70.6 cm³/mol. The van der Waals surface area contributed by atoms with E-state index in [1.807, 2.05) is 6.92 Å². The fourth-order valence-corrected chi connectivity index (χ4v) is 1.62. The van der Waals surface area contributed by atoms with E-state index < -0.39 is 0 Å². The van der Waals surface area contributed by atoms with Crippen LogP contribution in [0, 0.1) is 18.3 Å². The molecule has 1 unspecified atom stereocenters. The van der Waals surface area contributed by atoms with Gasteiger partial charge < -0.3 is 10.1 Å². The average molecular weight is 246 g/mol. The summed E-state index contributed by atoms with van der Waals surface area (Å²) in [6.07, 6.45) is 0.937. The Balaban J connectivity index is 3.23. The molecule has 0 heterocycles. The van der Waals surface area contributed by atoms with Crippen molar-refractivity contribution in [2.24, 2.45) is 0 Å². The zero-order chi connectivity index (χ0) is 13.7. The number of aryl methyl sites for hydroxylation is 1. The van der Waals surface area contributed by atoms with E-state index >= 15 is 0 Å². The Bertz CT molecular complexity index is 489. The van der Waals surface area contributed by atoms with Gasteiger partial charge in [0.15, 0.2) is 0 Å². The molecule has 1 aromatic rings. The van der Waals surface area contributed by atoms with Crippen molar-refractivity contribution in [3.05, 3.63) is 28.8 Å². The molecule has 1 rings (SSSR count). The van der Waals surface area contributed by atoms with Crippen molar-refractivity contribution in [1.29, 1.82) is 5.26 Å². The van der Waals surface area contributed by atoms with Crippen molar-refractivity contribution < 1.29 is 9.53 Å². The molecule has 0 saturated carbocycles. The molecule has 1 aromatic carbocycles. The van der Waals surface area contributed by atoms with Crippen molar-refractivity contribution >= 4 is 11.7 Å². The minimum absolute atomic E-state index is 0.241. The monoisotopic (exact) mass is 246 g/mol. The summed E-state index contributed by atoms with van der Waals surface area (Å²) in [6.45, 7) is 5.87. The molecular formula is C14H18N2O2. The molecule has 0 aromatic heterocycles. The Hall–Kier alpha value is -2.02. The molecule has 18 heavy (non-hydrogen) atoms. The molecule has 0 spiro atoms. The third kappa shape index (κ3) is 3.01. The zero-order valence-corrected chi connectivity index (χ0v) is 11.2. The number of carbonyl (C=O) groups excluding carboxylic acids is 1. The van der Waals surface area contributed by atoms with Crippen LogP contribution in [0.1, 0.15) is 41.8 Å². The summed E-state index contributed by atoms with van der Waals surface area (Å²) in [6, 6.07) is 5.77. The van der Waals surface area contributed by atoms with Crippen LogP contribution in [0.5, 0.6) is 0 Å². The number of nitrogens with one attached hydrogen (secondary N) is 1. The number of anilines is 1. The predicted octanol–water partition coefficient (Wildman–Crippen LogP) is 2.86. The second-order valence-corrected chi connectivity index (χ2v) is 4.27. The van der Waals surface area contributed by atoms with Crippen LogP contribution in [0.4, 0.5) is 5.69 Å². The molecule has 0 aliphatic carbocycles. The largest absolute Gasteiger partial charge is 0.465 e. The highest BCUT2D eigenvalue weighted by Gasteiger charge is 2.14. The highest BCUT2D eigenvalue weighted by atomic mass is 16.5. The van der Waals surface area contributed by atoms with Crippen LogP contribution in [-0.2, 0) is 4.74 Å². The summed E-state index contributed by atoms with van der Waals surface area (Å²) < 4.78 is 4.73. The van der Waals surface area contributed by atoms with Crippen LogP contribution < -0.4 is 5.32 Å². The minimum Gasteiger partial charge on any atom is -0.465 e. The summed E-state index contributed by atoms with van der Waals surface area (Å²) >= 11 is 0. The second-order valence-electron chi connectivity index (χ2n) is 4.27. The number of carbonyl (C=O) groups is 1. The molecule has 0 aliphatic heterocycles. The summed E-state index contributed by atoms with van der Waals surface area (Å²) in [5.74, 6) is -0.385. The summed E-state index contributed by atoms with van der Waals surface area (Å²) in [5, 5.41) is 12.3. The molecule has 1 N–H and O–H groups in total. The third-order valence-corrected chi connectivity index (χ3v) is 2.90. The summed E-state index contributed by atoms with van der Waals surface area (Å²) in [5.41, 5.74) is 2.45. The van der Waals surface area contributed by atoms with Gasteiger partial charge in [-0.3, -0.25) is 0 Å². The van der Waals surface area contributed by atoms with Crippen LogP contribution >= 0.6 is 0 Å². The van der Waals surface area contributed by atoms with Gasteiger partial charge in [-0.25, -0.2) is 4.79 Å². The first-order valence-corrected chi connectivity index (χ1v) is 5.93. The van der Waals surface area contributed by atoms with E-state index in [9.17, 15) is 4.79 Å². The maximum absolute atomic E-state index is 11.6. The molecule has 0 amide bonds. The van der Waals surface area contributed by atoms with E-state index in [0.717, 1.165) is 12.0 Å². The van der Waals surface area contributed by atoms with Crippen LogP contribution in [0.3, 0.4) is 0 Å². The molecule has 4 heteroatoms. The van der Waals surface area contributed by atoms with Crippen molar-refractivity contribution in [3.63, 3.8) is 0 Å². The average Bonchev–Trinajstić information content (AvgIpc) is 2.39. The fourth-order valence-electron chi connectivity index (χ4n) is 1.62. The quantitative estimate of drug-likeness (QED) is 0.830. The summed E-state index contributed by atoms with van der Waals surface area (Å²) in [7, 11) is 1.35. The minimum atomic E-state index is -0.385. The molecule has 0 radical (unpaired) electrons. The van der Waals surface area contributed by atoms with E-state index in [0.29, 0.717) is 16.8 Å². The molecule has 4 nitrogen and oxygen atoms in total. The molecule has 0 saturated heterocycles. The molecule has 0 bridgehead atoms. The summed E-state index contributed by atoms with van der Waals surface area (Å²) in [4.78, 5) is 11.6. The standard InChI is InChI=1S/C14H18N2O2/c1-5-10(3)16-13-7-12(14(17)18-4)9(2)6-11(13)8-15/h6-7,10,16H,5H2,1-4H3. The normalized spacial score (nSPS) is 11.5. The van der Waals surface area contributed by atoms with Gasteiger partial charge in [-0.05, 0) is 38.0 Å². The van der Waals surface area contributed by atoms with Crippen LogP contribution in [0.2, 0.25) is 0 Å². The van der Waals surface area contributed by atoms with E-state index in [2.05, 4.69) is 18.3 Å². The molecule has 0 fully saturated rings. The van der Waals surface area contributed by atoms with E-state index in [1.54, 1.807) is 19.1 Å². The number of hydrogen-bond donors (Lipinski definition) is 1. The van der Waals surface area contributed by atoms with Gasteiger partial charge in [0.25, 0.3) is 0 Å². The Morgan fingerprint density at radius 3 is 2.72 bits per heavy atom. The van der Waals surface area contributed by atoms with Gasteiger partial charge in [-0.1, -0.05) is 6.92 Å². The first kappa shape index (κ1) is 14.0. The van der Waals surface area contributed by atoms with Gasteiger partial charge in [-0.15, -0.1) is 0 Å². The van der Waals surface area contributed by atoms with Crippen LogP contribution in [0.15, 0.2) is 12.1 Å². The Kier molecular flexibility index (Phi) is 4.73. The molecular weight excluding hydrogens is 228 g/mol. The first-order chi connectivity index (χ1) is 8.53. The van der Waals surface area contributed by atoms with Gasteiger partial charge in [-0.2, -0.15) is 5.26 Å². The first-order valence-electron chi connectivity index (χ1n) is 5.93. The SMILES string of the molecule is CCC(C)Nc1cc(C(=O)OC)c(C)cc1C#N. The lowest BCUT2D eigenvalue weighted by molar-refractivity contribution is 0.0600. The number of nitrogens with zero attached hydrogens (tertiary/aromatic N) is 1. The molecule has 1 atom stereocenters. The second kappa shape index (κ2) is 6.06. The number of methoxy groups -OCH3 is 1. The van der Waals surface area contributed by atoms with Crippen molar-refractivity contribution in [1.82, 2.24) is 0 Å². The van der Waals surface area contributed by atoms with E-state index in [4.69, 9.17) is 10.00 Å². The number of rotatable bonds is 4.